The lowest BCUT2D eigenvalue weighted by molar-refractivity contribution is -0.729. The molecule has 3 N–H and O–H groups in total. The Kier molecular flexibility index (Phi) is 4.47. The zero-order chi connectivity index (χ0) is 18.5. The molecule has 0 aromatic heterocycles. The quantitative estimate of drug-likeness (QED) is 0.810. The highest BCUT2D eigenvalue weighted by Gasteiger charge is 2.53. The van der Waals surface area contributed by atoms with E-state index in [0.717, 1.165) is 49.1 Å². The van der Waals surface area contributed by atoms with Gasteiger partial charge in [-0.25, -0.2) is 0 Å². The third-order valence-electron chi connectivity index (χ3n) is 6.37. The number of rotatable bonds is 4. The molecule has 0 atom stereocenters. The fourth-order valence-corrected chi connectivity index (χ4v) is 5.90. The molecule has 1 aromatic carbocycles. The molecule has 0 unspecified atom stereocenters. The van der Waals surface area contributed by atoms with Crippen LogP contribution >= 0.6 is 11.6 Å². The van der Waals surface area contributed by atoms with Gasteiger partial charge in [0, 0.05) is 19.3 Å². The van der Waals surface area contributed by atoms with Gasteiger partial charge in [-0.3, -0.25) is 4.79 Å². The summed E-state index contributed by atoms with van der Waals surface area (Å²) < 4.78 is 38.5. The van der Waals surface area contributed by atoms with E-state index in [-0.39, 0.29) is 28.7 Å². The number of nitrogens with two attached hydrogens (primary N) is 1. The van der Waals surface area contributed by atoms with Crippen LogP contribution in [0.15, 0.2) is 18.2 Å². The van der Waals surface area contributed by atoms with E-state index < -0.39 is 11.7 Å². The fraction of sp³-hybridized carbons (Fsp3) is 0.632. The summed E-state index contributed by atoms with van der Waals surface area (Å²) in [5.74, 6) is 2.07. The summed E-state index contributed by atoms with van der Waals surface area (Å²) >= 11 is 5.95. The molecule has 4 bridgehead atoms. The zero-order valence-electron chi connectivity index (χ0n) is 14.4. The van der Waals surface area contributed by atoms with Crippen LogP contribution in [0, 0.1) is 17.8 Å². The van der Waals surface area contributed by atoms with Gasteiger partial charge in [0.25, 0.3) is 5.91 Å². The molecule has 4 aliphatic carbocycles. The standard InChI is InChI=1S/C19H22ClF3N2O/c20-15-2-1-14(19(21,22)23)6-16(15)25-17(26)10-24-18-7-11-3-12(8-18)5-13(4-11)9-18/h1-2,6,11-13,24H,3-5,7-10H2,(H,25,26)/p+1. The number of quaternary nitrogens is 1. The molecule has 0 spiro atoms. The number of benzene rings is 1. The van der Waals surface area contributed by atoms with Crippen LogP contribution in [0.1, 0.15) is 44.1 Å². The molecule has 0 heterocycles. The van der Waals surface area contributed by atoms with Crippen molar-refractivity contribution in [3.8, 4) is 0 Å². The highest BCUT2D eigenvalue weighted by Crippen LogP contribution is 2.54. The molecule has 4 aliphatic rings. The molecule has 4 saturated carbocycles. The second-order valence-electron chi connectivity index (χ2n) is 8.43. The summed E-state index contributed by atoms with van der Waals surface area (Å²) in [6.07, 6.45) is 3.02. The molecular weight excluding hydrogens is 365 g/mol. The minimum atomic E-state index is -4.46. The van der Waals surface area contributed by atoms with Crippen molar-refractivity contribution in [2.24, 2.45) is 17.8 Å². The SMILES string of the molecule is O=C(C[NH2+]C12CC3CC(CC(C3)C1)C2)Nc1cc(C(F)(F)F)ccc1Cl. The number of nitrogens with one attached hydrogen (secondary N) is 1. The van der Waals surface area contributed by atoms with Gasteiger partial charge in [0.2, 0.25) is 0 Å². The van der Waals surface area contributed by atoms with Crippen molar-refractivity contribution in [1.29, 1.82) is 0 Å². The predicted molar refractivity (Wildman–Crippen MR) is 92.8 cm³/mol. The van der Waals surface area contributed by atoms with Gasteiger partial charge in [0.15, 0.2) is 6.54 Å². The van der Waals surface area contributed by atoms with Crippen molar-refractivity contribution >= 4 is 23.2 Å². The molecule has 7 heteroatoms. The number of amides is 1. The minimum Gasteiger partial charge on any atom is -0.334 e. The van der Waals surface area contributed by atoms with Gasteiger partial charge in [-0.2, -0.15) is 13.2 Å². The van der Waals surface area contributed by atoms with Crippen LogP contribution in [-0.4, -0.2) is 18.0 Å². The van der Waals surface area contributed by atoms with Crippen molar-refractivity contribution in [3.05, 3.63) is 28.8 Å². The van der Waals surface area contributed by atoms with Gasteiger partial charge in [-0.15, -0.1) is 0 Å². The number of hydrogen-bond acceptors (Lipinski definition) is 1. The number of carbonyl (C=O) groups excluding carboxylic acids is 1. The van der Waals surface area contributed by atoms with E-state index in [4.69, 9.17) is 11.6 Å². The van der Waals surface area contributed by atoms with Gasteiger partial charge in [-0.05, 0) is 55.2 Å². The Morgan fingerprint density at radius 1 is 1.15 bits per heavy atom. The van der Waals surface area contributed by atoms with E-state index in [1.54, 1.807) is 0 Å². The van der Waals surface area contributed by atoms with Crippen molar-refractivity contribution < 1.29 is 23.3 Å². The van der Waals surface area contributed by atoms with Crippen LogP contribution in [0.3, 0.4) is 0 Å². The number of anilines is 1. The fourth-order valence-electron chi connectivity index (χ4n) is 5.74. The number of hydrogen-bond donors (Lipinski definition) is 2. The molecule has 26 heavy (non-hydrogen) atoms. The zero-order valence-corrected chi connectivity index (χ0v) is 15.2. The first-order chi connectivity index (χ1) is 12.2. The second-order valence-corrected chi connectivity index (χ2v) is 8.84. The van der Waals surface area contributed by atoms with E-state index in [1.165, 1.54) is 25.3 Å². The first kappa shape index (κ1) is 18.1. The molecule has 5 rings (SSSR count). The van der Waals surface area contributed by atoms with Gasteiger partial charge in [0.1, 0.15) is 0 Å². The average molecular weight is 388 g/mol. The average Bonchev–Trinajstić information content (AvgIpc) is 2.53. The van der Waals surface area contributed by atoms with E-state index in [2.05, 4.69) is 10.6 Å². The minimum absolute atomic E-state index is 0.0189. The molecule has 0 saturated heterocycles. The number of halogens is 4. The van der Waals surface area contributed by atoms with Crippen LogP contribution < -0.4 is 10.6 Å². The van der Waals surface area contributed by atoms with Crippen LogP contribution in [0.25, 0.3) is 0 Å². The Morgan fingerprint density at radius 2 is 1.73 bits per heavy atom. The lowest BCUT2D eigenvalue weighted by Gasteiger charge is -2.54. The summed E-state index contributed by atoms with van der Waals surface area (Å²) in [5.41, 5.74) is -0.642. The third-order valence-corrected chi connectivity index (χ3v) is 6.70. The van der Waals surface area contributed by atoms with Crippen LogP contribution in [0.4, 0.5) is 18.9 Å². The lowest BCUT2D eigenvalue weighted by Crippen LogP contribution is -3.00. The van der Waals surface area contributed by atoms with Crippen molar-refractivity contribution in [2.75, 3.05) is 11.9 Å². The summed E-state index contributed by atoms with van der Waals surface area (Å²) in [7, 11) is 0. The number of carbonyl (C=O) groups is 1. The normalized spacial score (nSPS) is 32.7. The molecule has 0 aliphatic heterocycles. The highest BCUT2D eigenvalue weighted by molar-refractivity contribution is 6.33. The Balaban J connectivity index is 1.39. The molecular formula is C19H23ClF3N2O+. The maximum absolute atomic E-state index is 12.8. The van der Waals surface area contributed by atoms with Gasteiger partial charge in [-0.1, -0.05) is 11.6 Å². The maximum Gasteiger partial charge on any atom is 0.416 e. The van der Waals surface area contributed by atoms with Crippen LogP contribution in [0.2, 0.25) is 5.02 Å². The summed E-state index contributed by atoms with van der Waals surface area (Å²) in [5, 5.41) is 4.80. The predicted octanol–water partition coefficient (Wildman–Crippen LogP) is 3.83. The molecule has 142 valence electrons. The van der Waals surface area contributed by atoms with Crippen molar-refractivity contribution in [3.63, 3.8) is 0 Å². The topological polar surface area (TPSA) is 45.7 Å². The summed E-state index contributed by atoms with van der Waals surface area (Å²) in [6, 6.07) is 2.98. The molecule has 3 nitrogen and oxygen atoms in total. The van der Waals surface area contributed by atoms with Crippen molar-refractivity contribution in [1.82, 2.24) is 0 Å². The van der Waals surface area contributed by atoms with Crippen LogP contribution in [-0.2, 0) is 11.0 Å². The largest absolute Gasteiger partial charge is 0.416 e. The monoisotopic (exact) mass is 387 g/mol. The maximum atomic E-state index is 12.8. The van der Waals surface area contributed by atoms with Gasteiger partial charge in [0.05, 0.1) is 21.8 Å². The van der Waals surface area contributed by atoms with E-state index in [0.29, 0.717) is 0 Å². The van der Waals surface area contributed by atoms with E-state index in [9.17, 15) is 18.0 Å². The molecule has 4 fully saturated rings. The molecule has 1 aromatic rings. The second kappa shape index (κ2) is 6.41. The lowest BCUT2D eigenvalue weighted by atomic mass is 9.53. The third kappa shape index (κ3) is 3.58. The van der Waals surface area contributed by atoms with E-state index >= 15 is 0 Å². The van der Waals surface area contributed by atoms with Gasteiger partial charge >= 0.3 is 6.18 Å². The Bertz CT molecular complexity index is 684. The Hall–Kier alpha value is -1.27. The van der Waals surface area contributed by atoms with Gasteiger partial charge < -0.3 is 10.6 Å². The first-order valence-corrected chi connectivity index (χ1v) is 9.61. The molecule has 0 radical (unpaired) electrons. The Morgan fingerprint density at radius 3 is 2.27 bits per heavy atom. The van der Waals surface area contributed by atoms with Crippen LogP contribution in [0.5, 0.6) is 0 Å². The number of alkyl halides is 3. The first-order valence-electron chi connectivity index (χ1n) is 9.23. The summed E-state index contributed by atoms with van der Waals surface area (Å²) in [4.78, 5) is 12.3. The van der Waals surface area contributed by atoms with Crippen molar-refractivity contribution in [2.45, 2.75) is 50.2 Å². The summed E-state index contributed by atoms with van der Waals surface area (Å²) in [6.45, 7) is 0.221. The smallest absolute Gasteiger partial charge is 0.334 e. The molecule has 1 amide bonds. The highest BCUT2D eigenvalue weighted by atomic mass is 35.5. The van der Waals surface area contributed by atoms with E-state index in [1.807, 2.05) is 0 Å². The Labute approximate surface area is 155 Å².